The van der Waals surface area contributed by atoms with Gasteiger partial charge in [0.05, 0.1) is 16.5 Å². The molecule has 1 aliphatic rings. The van der Waals surface area contributed by atoms with Gasteiger partial charge in [-0.25, -0.2) is 8.42 Å². The predicted octanol–water partition coefficient (Wildman–Crippen LogP) is 3.80. The van der Waals surface area contributed by atoms with Crippen LogP contribution in [0, 0.1) is 11.8 Å². The summed E-state index contributed by atoms with van der Waals surface area (Å²) >= 11 is 6.08. The number of rotatable bonds is 5. The Morgan fingerprint density at radius 1 is 1.27 bits per heavy atom. The molecule has 0 bridgehead atoms. The van der Waals surface area contributed by atoms with Gasteiger partial charge in [-0.05, 0) is 36.8 Å². The average molecular weight is 346 g/mol. The Kier molecular flexibility index (Phi) is 5.75. The maximum atomic E-state index is 12.8. The summed E-state index contributed by atoms with van der Waals surface area (Å²) in [6.45, 7) is 7.83. The topological polar surface area (TPSA) is 46.6 Å². The van der Waals surface area contributed by atoms with Crippen LogP contribution in [0.3, 0.4) is 0 Å². The largest absolute Gasteiger partial charge is 0.492 e. The van der Waals surface area contributed by atoms with Crippen molar-refractivity contribution in [2.75, 3.05) is 19.7 Å². The number of ether oxygens (including phenoxy) is 1. The molecule has 0 saturated carbocycles. The quantitative estimate of drug-likeness (QED) is 0.815. The van der Waals surface area contributed by atoms with Crippen LogP contribution in [0.5, 0.6) is 5.75 Å². The minimum atomic E-state index is -3.50. The fraction of sp³-hybridized carbons (Fsp3) is 0.625. The summed E-state index contributed by atoms with van der Waals surface area (Å²) < 4.78 is 32.8. The van der Waals surface area contributed by atoms with E-state index in [4.69, 9.17) is 16.3 Å². The zero-order valence-corrected chi connectivity index (χ0v) is 15.0. The van der Waals surface area contributed by atoms with Crippen molar-refractivity contribution in [3.8, 4) is 5.75 Å². The minimum Gasteiger partial charge on any atom is -0.492 e. The fourth-order valence-electron chi connectivity index (χ4n) is 2.92. The summed E-state index contributed by atoms with van der Waals surface area (Å²) in [5.74, 6) is 1.19. The van der Waals surface area contributed by atoms with Crippen molar-refractivity contribution in [1.29, 1.82) is 0 Å². The smallest absolute Gasteiger partial charge is 0.243 e. The van der Waals surface area contributed by atoms with E-state index < -0.39 is 10.0 Å². The lowest BCUT2D eigenvalue weighted by Gasteiger charge is -2.34. The average Bonchev–Trinajstić information content (AvgIpc) is 2.45. The molecule has 0 unspecified atom stereocenters. The van der Waals surface area contributed by atoms with Crippen molar-refractivity contribution >= 4 is 21.6 Å². The van der Waals surface area contributed by atoms with Gasteiger partial charge < -0.3 is 4.74 Å². The second kappa shape index (κ2) is 7.20. The first-order chi connectivity index (χ1) is 10.3. The second-order valence-electron chi connectivity index (χ2n) is 6.21. The Balaban J connectivity index is 2.29. The van der Waals surface area contributed by atoms with Crippen molar-refractivity contribution < 1.29 is 13.2 Å². The van der Waals surface area contributed by atoms with Crippen LogP contribution in [0.2, 0.25) is 5.02 Å². The van der Waals surface area contributed by atoms with E-state index >= 15 is 0 Å². The molecule has 0 spiro atoms. The van der Waals surface area contributed by atoms with Crippen LogP contribution in [0.4, 0.5) is 0 Å². The third-order valence-corrected chi connectivity index (χ3v) is 5.98. The highest BCUT2D eigenvalue weighted by Crippen LogP contribution is 2.31. The Labute approximate surface area is 138 Å². The van der Waals surface area contributed by atoms with E-state index in [-0.39, 0.29) is 4.90 Å². The Bertz CT molecular complexity index is 608. The number of piperidine rings is 1. The first-order valence-electron chi connectivity index (χ1n) is 7.77. The number of benzene rings is 1. The van der Waals surface area contributed by atoms with Crippen LogP contribution in [-0.4, -0.2) is 32.4 Å². The number of halogens is 1. The summed E-state index contributed by atoms with van der Waals surface area (Å²) in [5.41, 5.74) is 0. The van der Waals surface area contributed by atoms with Crippen molar-refractivity contribution in [2.24, 2.45) is 11.8 Å². The van der Waals surface area contributed by atoms with E-state index in [2.05, 4.69) is 13.8 Å². The van der Waals surface area contributed by atoms with E-state index in [1.54, 1.807) is 16.4 Å². The molecule has 124 valence electrons. The van der Waals surface area contributed by atoms with Gasteiger partial charge in [-0.3, -0.25) is 0 Å². The van der Waals surface area contributed by atoms with Crippen LogP contribution in [0.25, 0.3) is 0 Å². The first kappa shape index (κ1) is 17.6. The van der Waals surface area contributed by atoms with Crippen molar-refractivity contribution in [2.45, 2.75) is 38.5 Å². The Morgan fingerprint density at radius 3 is 2.50 bits per heavy atom. The fourth-order valence-corrected chi connectivity index (χ4v) is 4.79. The molecule has 0 radical (unpaired) electrons. The number of sulfonamides is 1. The molecule has 0 amide bonds. The molecule has 6 heteroatoms. The molecule has 22 heavy (non-hydrogen) atoms. The van der Waals surface area contributed by atoms with Crippen molar-refractivity contribution in [3.63, 3.8) is 0 Å². The highest BCUT2D eigenvalue weighted by atomic mass is 35.5. The van der Waals surface area contributed by atoms with Gasteiger partial charge in [0, 0.05) is 19.2 Å². The molecule has 2 rings (SSSR count). The maximum Gasteiger partial charge on any atom is 0.243 e. The molecule has 1 aliphatic heterocycles. The van der Waals surface area contributed by atoms with Crippen LogP contribution >= 0.6 is 11.6 Å². The number of hydrogen-bond donors (Lipinski definition) is 0. The lowest BCUT2D eigenvalue weighted by Crippen LogP contribution is -2.42. The molecule has 1 saturated heterocycles. The molecule has 2 atom stereocenters. The normalized spacial score (nSPS) is 23.5. The molecule has 0 aliphatic carbocycles. The second-order valence-corrected chi connectivity index (χ2v) is 8.55. The van der Waals surface area contributed by atoms with Crippen LogP contribution < -0.4 is 4.74 Å². The van der Waals surface area contributed by atoms with E-state index in [1.807, 2.05) is 6.92 Å². The predicted molar refractivity (Wildman–Crippen MR) is 88.9 cm³/mol. The summed E-state index contributed by atoms with van der Waals surface area (Å²) in [4.78, 5) is 0.254. The molecular weight excluding hydrogens is 322 g/mol. The van der Waals surface area contributed by atoms with Crippen LogP contribution in [0.15, 0.2) is 23.1 Å². The van der Waals surface area contributed by atoms with Gasteiger partial charge in [-0.2, -0.15) is 4.31 Å². The van der Waals surface area contributed by atoms with Crippen LogP contribution in [-0.2, 0) is 10.0 Å². The van der Waals surface area contributed by atoms with Crippen LogP contribution in [0.1, 0.15) is 33.6 Å². The van der Waals surface area contributed by atoms with Gasteiger partial charge in [-0.15, -0.1) is 0 Å². The summed E-state index contributed by atoms with van der Waals surface area (Å²) in [6.07, 6.45) is 1.91. The Hall–Kier alpha value is -0.780. The molecule has 4 nitrogen and oxygen atoms in total. The summed E-state index contributed by atoms with van der Waals surface area (Å²) in [6, 6.07) is 4.69. The van der Waals surface area contributed by atoms with E-state index in [0.717, 1.165) is 12.8 Å². The van der Waals surface area contributed by atoms with Gasteiger partial charge in [0.15, 0.2) is 0 Å². The minimum absolute atomic E-state index is 0.254. The molecule has 1 fully saturated rings. The van der Waals surface area contributed by atoms with E-state index in [1.165, 1.54) is 6.07 Å². The molecule has 1 aromatic carbocycles. The summed E-state index contributed by atoms with van der Waals surface area (Å²) in [5, 5.41) is 0.438. The molecule has 1 aromatic rings. The van der Waals surface area contributed by atoms with Gasteiger partial charge in [0.25, 0.3) is 0 Å². The monoisotopic (exact) mass is 345 g/mol. The number of nitrogens with zero attached hydrogens (tertiary/aromatic N) is 1. The van der Waals surface area contributed by atoms with Gasteiger partial charge in [0.1, 0.15) is 5.75 Å². The molecule has 0 aromatic heterocycles. The van der Waals surface area contributed by atoms with Crippen molar-refractivity contribution in [3.05, 3.63) is 23.2 Å². The van der Waals surface area contributed by atoms with Gasteiger partial charge in [0.2, 0.25) is 10.0 Å². The third kappa shape index (κ3) is 3.94. The highest BCUT2D eigenvalue weighted by molar-refractivity contribution is 7.89. The first-order valence-corrected chi connectivity index (χ1v) is 9.59. The highest BCUT2D eigenvalue weighted by Gasteiger charge is 2.32. The maximum absolute atomic E-state index is 12.8. The van der Waals surface area contributed by atoms with E-state index in [9.17, 15) is 8.42 Å². The molecule has 1 heterocycles. The van der Waals surface area contributed by atoms with Gasteiger partial charge in [-0.1, -0.05) is 32.4 Å². The zero-order valence-electron chi connectivity index (χ0n) is 13.4. The lowest BCUT2D eigenvalue weighted by molar-refractivity contribution is 0.222. The van der Waals surface area contributed by atoms with Gasteiger partial charge >= 0.3 is 0 Å². The zero-order chi connectivity index (χ0) is 16.3. The number of hydrogen-bond acceptors (Lipinski definition) is 3. The molecule has 0 N–H and O–H groups in total. The summed E-state index contributed by atoms with van der Waals surface area (Å²) in [7, 11) is -3.50. The SMILES string of the molecule is CCCOc1cc(S(=O)(=O)N2C[C@@H](C)C[C@H](C)C2)ccc1Cl. The molecular formula is C16H24ClNO3S. The van der Waals surface area contributed by atoms with E-state index in [0.29, 0.717) is 42.3 Å². The standard InChI is InChI=1S/C16H24ClNO3S/c1-4-7-21-16-9-14(5-6-15(16)17)22(19,20)18-10-12(2)8-13(3)11-18/h5-6,9,12-13H,4,7-8,10-11H2,1-3H3/t12-,13-/m0/s1. The van der Waals surface area contributed by atoms with Crippen molar-refractivity contribution in [1.82, 2.24) is 4.31 Å². The lowest BCUT2D eigenvalue weighted by atomic mass is 9.94. The Morgan fingerprint density at radius 2 is 1.91 bits per heavy atom. The third-order valence-electron chi connectivity index (χ3n) is 3.84.